The summed E-state index contributed by atoms with van der Waals surface area (Å²) in [5.41, 5.74) is 6.62. The van der Waals surface area contributed by atoms with Crippen LogP contribution in [0.3, 0.4) is 0 Å². The van der Waals surface area contributed by atoms with Crippen LogP contribution in [-0.4, -0.2) is 9.55 Å². The van der Waals surface area contributed by atoms with Crippen molar-refractivity contribution in [3.8, 4) is 0 Å². The Bertz CT molecular complexity index is 1090. The summed E-state index contributed by atoms with van der Waals surface area (Å²) in [5.74, 6) is -0.161. The zero-order chi connectivity index (χ0) is 18.8. The van der Waals surface area contributed by atoms with Gasteiger partial charge in [0.15, 0.2) is 0 Å². The number of hydrogen-bond donors (Lipinski definition) is 0. The molecule has 0 atom stereocenters. The Kier molecular flexibility index (Phi) is 6.15. The molecule has 0 aliphatic heterocycles. The monoisotopic (exact) mass is 394 g/mol. The van der Waals surface area contributed by atoms with Gasteiger partial charge in [0.1, 0.15) is 5.82 Å². The highest BCUT2D eigenvalue weighted by Crippen LogP contribution is 2.29. The molecule has 144 valence electrons. The van der Waals surface area contributed by atoms with Crippen LogP contribution in [0.2, 0.25) is 0 Å². The second-order valence-electron chi connectivity index (χ2n) is 7.03. The quantitative estimate of drug-likeness (QED) is 0.403. The standard InChI is InChI=1S/C24H23FN2.ClH/c1-17-18(2)27(16-20-10-6-7-11-22(20)25)24-21(17)14-15-26-23(24)13-12-19-8-4-3-5-9-19;/h3-11,14-15H,12-13,16H2,1-2H3;1H. The van der Waals surface area contributed by atoms with Crippen LogP contribution in [0.25, 0.3) is 10.9 Å². The highest BCUT2D eigenvalue weighted by Gasteiger charge is 2.16. The molecule has 0 saturated carbocycles. The average molecular weight is 395 g/mol. The minimum atomic E-state index is -0.161. The van der Waals surface area contributed by atoms with E-state index in [9.17, 15) is 4.39 Å². The van der Waals surface area contributed by atoms with E-state index in [0.717, 1.165) is 24.1 Å². The Morgan fingerprint density at radius 2 is 1.61 bits per heavy atom. The molecule has 0 aliphatic rings. The first kappa shape index (κ1) is 20.1. The molecule has 2 heterocycles. The van der Waals surface area contributed by atoms with Crippen LogP contribution in [0.1, 0.15) is 28.1 Å². The topological polar surface area (TPSA) is 17.8 Å². The maximum atomic E-state index is 14.3. The minimum absolute atomic E-state index is 0. The number of nitrogens with zero attached hydrogens (tertiary/aromatic N) is 2. The summed E-state index contributed by atoms with van der Waals surface area (Å²) in [4.78, 5) is 4.69. The van der Waals surface area contributed by atoms with Crippen LogP contribution in [0.4, 0.5) is 4.39 Å². The molecule has 0 radical (unpaired) electrons. The van der Waals surface area contributed by atoms with Gasteiger partial charge in [-0.15, -0.1) is 12.4 Å². The lowest BCUT2D eigenvalue weighted by atomic mass is 10.1. The van der Waals surface area contributed by atoms with E-state index in [4.69, 9.17) is 0 Å². The van der Waals surface area contributed by atoms with Crippen molar-refractivity contribution in [2.45, 2.75) is 33.2 Å². The van der Waals surface area contributed by atoms with Gasteiger partial charge in [-0.1, -0.05) is 48.5 Å². The van der Waals surface area contributed by atoms with Crippen LogP contribution in [0.15, 0.2) is 66.9 Å². The third kappa shape index (κ3) is 3.81. The fourth-order valence-electron chi connectivity index (χ4n) is 3.75. The smallest absolute Gasteiger partial charge is 0.128 e. The number of halogens is 2. The van der Waals surface area contributed by atoms with Crippen molar-refractivity contribution in [2.75, 3.05) is 0 Å². The molecule has 0 aliphatic carbocycles. The van der Waals surface area contributed by atoms with Gasteiger partial charge in [0.05, 0.1) is 17.8 Å². The Balaban J connectivity index is 0.00000225. The van der Waals surface area contributed by atoms with Crippen molar-refractivity contribution < 1.29 is 4.39 Å². The molecule has 0 amide bonds. The van der Waals surface area contributed by atoms with E-state index in [1.807, 2.05) is 24.4 Å². The summed E-state index contributed by atoms with van der Waals surface area (Å²) in [6, 6.07) is 19.5. The number of benzene rings is 2. The van der Waals surface area contributed by atoms with E-state index >= 15 is 0 Å². The van der Waals surface area contributed by atoms with Gasteiger partial charge in [0.25, 0.3) is 0 Å². The van der Waals surface area contributed by atoms with Gasteiger partial charge >= 0.3 is 0 Å². The highest BCUT2D eigenvalue weighted by molar-refractivity contribution is 5.87. The van der Waals surface area contributed by atoms with Gasteiger partial charge in [0.2, 0.25) is 0 Å². The zero-order valence-electron chi connectivity index (χ0n) is 16.2. The molecule has 2 aromatic carbocycles. The lowest BCUT2D eigenvalue weighted by molar-refractivity contribution is 0.600. The summed E-state index contributed by atoms with van der Waals surface area (Å²) in [6.45, 7) is 4.76. The largest absolute Gasteiger partial charge is 0.339 e. The Labute approximate surface area is 171 Å². The maximum absolute atomic E-state index is 14.3. The lowest BCUT2D eigenvalue weighted by Crippen LogP contribution is -2.06. The first-order chi connectivity index (χ1) is 13.1. The van der Waals surface area contributed by atoms with Gasteiger partial charge < -0.3 is 4.57 Å². The second-order valence-corrected chi connectivity index (χ2v) is 7.03. The Morgan fingerprint density at radius 1 is 0.893 bits per heavy atom. The molecule has 0 unspecified atom stereocenters. The van der Waals surface area contributed by atoms with E-state index in [1.165, 1.54) is 28.3 Å². The van der Waals surface area contributed by atoms with E-state index < -0.39 is 0 Å². The van der Waals surface area contributed by atoms with E-state index in [0.29, 0.717) is 12.1 Å². The number of fused-ring (bicyclic) bond motifs is 1. The molecular formula is C24H24ClFN2. The lowest BCUT2D eigenvalue weighted by Gasteiger charge is -2.12. The fraction of sp³-hybridized carbons (Fsp3) is 0.208. The molecule has 4 heteroatoms. The molecule has 28 heavy (non-hydrogen) atoms. The van der Waals surface area contributed by atoms with Crippen molar-refractivity contribution in [1.29, 1.82) is 0 Å². The molecule has 2 nitrogen and oxygen atoms in total. The van der Waals surface area contributed by atoms with Gasteiger partial charge in [-0.25, -0.2) is 4.39 Å². The van der Waals surface area contributed by atoms with Crippen LogP contribution in [0.5, 0.6) is 0 Å². The Hall–Kier alpha value is -2.65. The summed E-state index contributed by atoms with van der Waals surface area (Å²) in [7, 11) is 0. The number of rotatable bonds is 5. The van der Waals surface area contributed by atoms with E-state index in [1.54, 1.807) is 6.07 Å². The minimum Gasteiger partial charge on any atom is -0.339 e. The fourth-order valence-corrected chi connectivity index (χ4v) is 3.75. The third-order valence-electron chi connectivity index (χ3n) is 5.40. The first-order valence-electron chi connectivity index (χ1n) is 9.35. The van der Waals surface area contributed by atoms with Crippen molar-refractivity contribution >= 4 is 23.3 Å². The van der Waals surface area contributed by atoms with Gasteiger partial charge in [-0.2, -0.15) is 0 Å². The molecule has 2 aromatic heterocycles. The first-order valence-corrected chi connectivity index (χ1v) is 9.35. The summed E-state index contributed by atoms with van der Waals surface area (Å²) in [5, 5.41) is 1.21. The van der Waals surface area contributed by atoms with Crippen LogP contribution >= 0.6 is 12.4 Å². The normalized spacial score (nSPS) is 10.8. The van der Waals surface area contributed by atoms with Crippen LogP contribution in [-0.2, 0) is 19.4 Å². The van der Waals surface area contributed by atoms with Crippen molar-refractivity contribution in [2.24, 2.45) is 0 Å². The molecule has 0 spiro atoms. The molecular weight excluding hydrogens is 371 g/mol. The molecule has 0 bridgehead atoms. The van der Waals surface area contributed by atoms with Crippen LogP contribution in [0, 0.1) is 19.7 Å². The summed E-state index contributed by atoms with van der Waals surface area (Å²) >= 11 is 0. The predicted molar refractivity (Wildman–Crippen MR) is 116 cm³/mol. The second kappa shape index (κ2) is 8.57. The number of aromatic nitrogens is 2. The van der Waals surface area contributed by atoms with Gasteiger partial charge in [-0.05, 0) is 49.9 Å². The molecule has 0 fully saturated rings. The van der Waals surface area contributed by atoms with Gasteiger partial charge in [-0.3, -0.25) is 4.98 Å². The maximum Gasteiger partial charge on any atom is 0.128 e. The van der Waals surface area contributed by atoms with Crippen molar-refractivity contribution in [3.05, 3.63) is 101 Å². The van der Waals surface area contributed by atoms with Crippen molar-refractivity contribution in [1.82, 2.24) is 9.55 Å². The highest BCUT2D eigenvalue weighted by atomic mass is 35.5. The molecule has 4 aromatic rings. The number of hydrogen-bond acceptors (Lipinski definition) is 1. The molecule has 4 rings (SSSR count). The number of pyridine rings is 1. The summed E-state index contributed by atoms with van der Waals surface area (Å²) in [6.07, 6.45) is 3.69. The average Bonchev–Trinajstić information content (AvgIpc) is 2.94. The van der Waals surface area contributed by atoms with E-state index in [2.05, 4.69) is 53.7 Å². The molecule has 0 saturated heterocycles. The van der Waals surface area contributed by atoms with Gasteiger partial charge in [0, 0.05) is 22.8 Å². The zero-order valence-corrected chi connectivity index (χ0v) is 17.0. The predicted octanol–water partition coefficient (Wildman–Crippen LogP) is 6.05. The van der Waals surface area contributed by atoms with Crippen molar-refractivity contribution in [3.63, 3.8) is 0 Å². The number of aryl methyl sites for hydroxylation is 3. The van der Waals surface area contributed by atoms with Crippen LogP contribution < -0.4 is 0 Å². The Morgan fingerprint density at radius 3 is 2.36 bits per heavy atom. The summed E-state index contributed by atoms with van der Waals surface area (Å²) < 4.78 is 16.5. The third-order valence-corrected chi connectivity index (χ3v) is 5.40. The van der Waals surface area contributed by atoms with E-state index in [-0.39, 0.29) is 18.2 Å². The molecule has 0 N–H and O–H groups in total. The SMILES string of the molecule is Cc1c(C)n(Cc2ccccc2F)c2c(CCc3ccccc3)nccc12.Cl.